The van der Waals surface area contributed by atoms with Gasteiger partial charge in [0, 0.05) is 23.7 Å². The van der Waals surface area contributed by atoms with Crippen molar-refractivity contribution < 1.29 is 4.74 Å². The Labute approximate surface area is 286 Å². The van der Waals surface area contributed by atoms with Crippen molar-refractivity contribution in [3.05, 3.63) is 166 Å². The first kappa shape index (κ1) is 34.6. The van der Waals surface area contributed by atoms with Crippen molar-refractivity contribution in [3.63, 3.8) is 0 Å². The van der Waals surface area contributed by atoms with Gasteiger partial charge in [0.2, 0.25) is 0 Å². The molecule has 0 fully saturated rings. The van der Waals surface area contributed by atoms with Crippen LogP contribution in [0.15, 0.2) is 127 Å². The molecule has 3 heteroatoms. The molecule has 5 aromatic rings. The molecule has 0 aliphatic rings. The molecule has 5 rings (SSSR count). The van der Waals surface area contributed by atoms with Crippen LogP contribution < -0.4 is 10.0 Å². The molecule has 0 saturated heterocycles. The van der Waals surface area contributed by atoms with E-state index in [9.17, 15) is 0 Å². The molecule has 0 aromatic heterocycles. The zero-order chi connectivity index (χ0) is 32.9. The van der Waals surface area contributed by atoms with Crippen LogP contribution in [-0.2, 0) is 31.1 Å². The summed E-state index contributed by atoms with van der Waals surface area (Å²) in [5.74, 6) is 1.09. The van der Waals surface area contributed by atoms with Gasteiger partial charge in [-0.05, 0) is 72.0 Å². The second-order valence-corrected chi connectivity index (χ2v) is 14.9. The van der Waals surface area contributed by atoms with Crippen molar-refractivity contribution in [2.75, 3.05) is 14.1 Å². The third-order valence-electron chi connectivity index (χ3n) is 9.14. The van der Waals surface area contributed by atoms with Gasteiger partial charge in [-0.25, -0.2) is 0 Å². The Kier molecular flexibility index (Phi) is 12.8. The standard InChI is InChI=1S/C44H52NOP/c1-5-7-19-28-44(6-2,47-42-27-18-17-26-39(42)33-45(3)4)41-32-38(29-35-20-11-8-12-21-35)31-40(30-36-22-13-9-14-23-36)43(41)46-34-37-24-15-10-16-25-37/h8-18,20-27,31-32,47H,5-7,19,28-30,33-34H2,1-4H3. The Balaban J connectivity index is 1.71. The van der Waals surface area contributed by atoms with Crippen LogP contribution in [0.2, 0.25) is 0 Å². The smallest absolute Gasteiger partial charge is 0.127 e. The molecule has 0 radical (unpaired) electrons. The van der Waals surface area contributed by atoms with Gasteiger partial charge in [0.1, 0.15) is 12.4 Å². The van der Waals surface area contributed by atoms with E-state index in [1.54, 1.807) is 0 Å². The van der Waals surface area contributed by atoms with Crippen LogP contribution in [-0.4, -0.2) is 19.0 Å². The van der Waals surface area contributed by atoms with Crippen molar-refractivity contribution in [2.24, 2.45) is 0 Å². The normalized spacial score (nSPS) is 12.9. The first-order valence-electron chi connectivity index (χ1n) is 17.4. The maximum atomic E-state index is 7.07. The number of benzene rings is 5. The van der Waals surface area contributed by atoms with Gasteiger partial charge < -0.3 is 9.64 Å². The Bertz CT molecular complexity index is 1650. The average Bonchev–Trinajstić information content (AvgIpc) is 3.09. The highest BCUT2D eigenvalue weighted by Crippen LogP contribution is 2.53. The third-order valence-corrected chi connectivity index (χ3v) is 11.3. The average molecular weight is 642 g/mol. The summed E-state index contributed by atoms with van der Waals surface area (Å²) in [4.78, 5) is 2.29. The maximum absolute atomic E-state index is 7.07. The monoisotopic (exact) mass is 641 g/mol. The van der Waals surface area contributed by atoms with Crippen molar-refractivity contribution in [2.45, 2.75) is 77.1 Å². The molecule has 2 nitrogen and oxygen atoms in total. The molecule has 0 heterocycles. The van der Waals surface area contributed by atoms with E-state index in [4.69, 9.17) is 4.74 Å². The molecule has 2 atom stereocenters. The molecule has 0 bridgehead atoms. The van der Waals surface area contributed by atoms with Gasteiger partial charge >= 0.3 is 0 Å². The van der Waals surface area contributed by atoms with Crippen LogP contribution in [0.25, 0.3) is 0 Å². The summed E-state index contributed by atoms with van der Waals surface area (Å²) < 4.78 is 7.07. The van der Waals surface area contributed by atoms with Crippen LogP contribution in [0.1, 0.15) is 84.9 Å². The van der Waals surface area contributed by atoms with E-state index in [-0.39, 0.29) is 5.16 Å². The minimum Gasteiger partial charge on any atom is -0.488 e. The van der Waals surface area contributed by atoms with E-state index in [0.29, 0.717) is 15.2 Å². The number of rotatable bonds is 17. The van der Waals surface area contributed by atoms with Crippen molar-refractivity contribution in [3.8, 4) is 5.75 Å². The molecule has 0 N–H and O–H groups in total. The van der Waals surface area contributed by atoms with Crippen LogP contribution in [0.3, 0.4) is 0 Å². The molecule has 244 valence electrons. The lowest BCUT2D eigenvalue weighted by molar-refractivity contribution is 0.294. The fraction of sp³-hybridized carbons (Fsp3) is 0.318. The van der Waals surface area contributed by atoms with E-state index in [2.05, 4.69) is 160 Å². The summed E-state index contributed by atoms with van der Waals surface area (Å²) in [5.41, 5.74) is 9.33. The fourth-order valence-corrected chi connectivity index (χ4v) is 8.48. The Morgan fingerprint density at radius 2 is 1.21 bits per heavy atom. The minimum absolute atomic E-state index is 0.0399. The van der Waals surface area contributed by atoms with E-state index in [1.165, 1.54) is 63.5 Å². The summed E-state index contributed by atoms with van der Waals surface area (Å²) >= 11 is 0. The topological polar surface area (TPSA) is 12.5 Å². The van der Waals surface area contributed by atoms with Gasteiger partial charge in [0.15, 0.2) is 0 Å². The number of ether oxygens (including phenoxy) is 1. The van der Waals surface area contributed by atoms with Gasteiger partial charge in [-0.3, -0.25) is 0 Å². The summed E-state index contributed by atoms with van der Waals surface area (Å²) in [6, 6.07) is 46.6. The highest BCUT2D eigenvalue weighted by Gasteiger charge is 2.35. The third kappa shape index (κ3) is 9.66. The lowest BCUT2D eigenvalue weighted by Gasteiger charge is -2.37. The van der Waals surface area contributed by atoms with E-state index < -0.39 is 0 Å². The largest absolute Gasteiger partial charge is 0.488 e. The van der Waals surface area contributed by atoms with Crippen molar-refractivity contribution in [1.29, 1.82) is 0 Å². The van der Waals surface area contributed by atoms with Crippen LogP contribution in [0.4, 0.5) is 0 Å². The molecule has 47 heavy (non-hydrogen) atoms. The number of unbranched alkanes of at least 4 members (excludes halogenated alkanes) is 2. The van der Waals surface area contributed by atoms with E-state index >= 15 is 0 Å². The van der Waals surface area contributed by atoms with Crippen molar-refractivity contribution >= 4 is 13.9 Å². The molecule has 0 saturated carbocycles. The second kappa shape index (κ2) is 17.4. The minimum atomic E-state index is -0.0399. The van der Waals surface area contributed by atoms with Crippen LogP contribution in [0.5, 0.6) is 5.75 Å². The fourth-order valence-electron chi connectivity index (χ4n) is 6.67. The molecule has 0 spiro atoms. The van der Waals surface area contributed by atoms with Crippen LogP contribution >= 0.6 is 8.58 Å². The zero-order valence-electron chi connectivity index (χ0n) is 28.8. The summed E-state index contributed by atoms with van der Waals surface area (Å²) in [7, 11) is 4.99. The first-order chi connectivity index (χ1) is 23.0. The summed E-state index contributed by atoms with van der Waals surface area (Å²) in [6.45, 7) is 6.23. The number of hydrogen-bond acceptors (Lipinski definition) is 2. The van der Waals surface area contributed by atoms with Gasteiger partial charge in [-0.15, -0.1) is 0 Å². The molecular weight excluding hydrogens is 589 g/mol. The van der Waals surface area contributed by atoms with Gasteiger partial charge in [0.25, 0.3) is 0 Å². The van der Waals surface area contributed by atoms with Gasteiger partial charge in [-0.1, -0.05) is 169 Å². The van der Waals surface area contributed by atoms with E-state index in [1.807, 2.05) is 0 Å². The molecule has 2 unspecified atom stereocenters. The SMILES string of the molecule is CCCCCC(CC)(Pc1ccccc1CN(C)C)c1cc(Cc2ccccc2)cc(Cc2ccccc2)c1OCc1ccccc1. The molecular formula is C44H52NOP. The lowest BCUT2D eigenvalue weighted by Crippen LogP contribution is -2.27. The zero-order valence-corrected chi connectivity index (χ0v) is 29.8. The Hall–Kier alpha value is -3.71. The second-order valence-electron chi connectivity index (χ2n) is 13.1. The Morgan fingerprint density at radius 3 is 1.83 bits per heavy atom. The molecule has 0 aliphatic heterocycles. The lowest BCUT2D eigenvalue weighted by atomic mass is 9.84. The first-order valence-corrected chi connectivity index (χ1v) is 18.4. The molecule has 0 aliphatic carbocycles. The summed E-state index contributed by atoms with van der Waals surface area (Å²) in [5, 5.41) is 1.44. The number of nitrogens with zero attached hydrogens (tertiary/aromatic N) is 1. The molecule has 5 aromatic carbocycles. The Morgan fingerprint density at radius 1 is 0.617 bits per heavy atom. The quantitative estimate of drug-likeness (QED) is 0.0740. The predicted molar refractivity (Wildman–Crippen MR) is 204 cm³/mol. The predicted octanol–water partition coefficient (Wildman–Crippen LogP) is 10.7. The van der Waals surface area contributed by atoms with Gasteiger partial charge in [0.05, 0.1) is 0 Å². The van der Waals surface area contributed by atoms with Crippen LogP contribution in [0, 0.1) is 0 Å². The number of hydrogen-bond donors (Lipinski definition) is 0. The van der Waals surface area contributed by atoms with E-state index in [0.717, 1.165) is 38.0 Å². The maximum Gasteiger partial charge on any atom is 0.127 e. The summed E-state index contributed by atoms with van der Waals surface area (Å²) in [6.07, 6.45) is 7.62. The van der Waals surface area contributed by atoms with Gasteiger partial charge in [-0.2, -0.15) is 0 Å². The molecule has 0 amide bonds. The highest BCUT2D eigenvalue weighted by molar-refractivity contribution is 7.48. The highest BCUT2D eigenvalue weighted by atomic mass is 31.1. The van der Waals surface area contributed by atoms with Crippen molar-refractivity contribution in [1.82, 2.24) is 4.90 Å².